The molecule has 0 radical (unpaired) electrons. The van der Waals surface area contributed by atoms with Gasteiger partial charge in [-0.15, -0.1) is 0 Å². The summed E-state index contributed by atoms with van der Waals surface area (Å²) in [6, 6.07) is 7.71. The van der Waals surface area contributed by atoms with Gasteiger partial charge in [0, 0.05) is 11.6 Å². The molecule has 0 spiro atoms. The predicted molar refractivity (Wildman–Crippen MR) is 51.7 cm³/mol. The van der Waals surface area contributed by atoms with E-state index >= 15 is 0 Å². The molecule has 14 heavy (non-hydrogen) atoms. The van der Waals surface area contributed by atoms with E-state index in [0.29, 0.717) is 0 Å². The number of methoxy groups -OCH3 is 1. The number of ether oxygens (including phenoxy) is 1. The molecule has 0 bridgehead atoms. The zero-order valence-corrected chi connectivity index (χ0v) is 7.80. The minimum atomic E-state index is -0.294. The monoisotopic (exact) mass is 190 g/mol. The van der Waals surface area contributed by atoms with E-state index in [-0.39, 0.29) is 12.5 Å². The topological polar surface area (TPSA) is 44.1 Å². The van der Waals surface area contributed by atoms with Crippen molar-refractivity contribution in [2.24, 2.45) is 0 Å². The maximum Gasteiger partial charge on any atom is 0.327 e. The van der Waals surface area contributed by atoms with Crippen LogP contribution in [0.5, 0.6) is 0 Å². The first-order chi connectivity index (χ1) is 6.79. The average molecular weight is 190 g/mol. The Bertz CT molecular complexity index is 429. The Balaban J connectivity index is 2.31. The molecule has 1 heterocycles. The lowest BCUT2D eigenvalue weighted by molar-refractivity contribution is -0.141. The molecule has 0 unspecified atom stereocenters. The second-order valence-electron chi connectivity index (χ2n) is 2.96. The lowest BCUT2D eigenvalue weighted by Gasteiger charge is -1.97. The number of rotatable bonds is 2. The van der Waals surface area contributed by atoms with Gasteiger partial charge in [-0.05, 0) is 6.07 Å². The minimum absolute atomic E-state index is 0.158. The van der Waals surface area contributed by atoms with Crippen LogP contribution in [-0.4, -0.2) is 22.9 Å². The molecule has 4 nitrogen and oxygen atoms in total. The highest BCUT2D eigenvalue weighted by molar-refractivity contribution is 5.78. The quantitative estimate of drug-likeness (QED) is 0.668. The largest absolute Gasteiger partial charge is 0.468 e. The third-order valence-corrected chi connectivity index (χ3v) is 1.98. The van der Waals surface area contributed by atoms with Crippen molar-refractivity contribution in [1.82, 2.24) is 9.78 Å². The Labute approximate surface area is 81.1 Å². The van der Waals surface area contributed by atoms with Crippen molar-refractivity contribution in [2.45, 2.75) is 6.54 Å². The van der Waals surface area contributed by atoms with Gasteiger partial charge < -0.3 is 4.74 Å². The Hall–Kier alpha value is -1.84. The lowest BCUT2D eigenvalue weighted by Crippen LogP contribution is -2.11. The molecule has 0 saturated heterocycles. The van der Waals surface area contributed by atoms with Gasteiger partial charge in [0.15, 0.2) is 0 Å². The van der Waals surface area contributed by atoms with Crippen molar-refractivity contribution in [3.63, 3.8) is 0 Å². The predicted octanol–water partition coefficient (Wildman–Crippen LogP) is 1.21. The lowest BCUT2D eigenvalue weighted by atomic mass is 10.3. The van der Waals surface area contributed by atoms with Crippen molar-refractivity contribution < 1.29 is 9.53 Å². The SMILES string of the molecule is COC(=O)Cn1cc2ccccc2n1. The van der Waals surface area contributed by atoms with Crippen molar-refractivity contribution in [3.8, 4) is 0 Å². The fourth-order valence-corrected chi connectivity index (χ4v) is 1.29. The molecule has 0 N–H and O–H groups in total. The molecule has 72 valence electrons. The first-order valence-corrected chi connectivity index (χ1v) is 4.28. The number of aromatic nitrogens is 2. The van der Waals surface area contributed by atoms with E-state index in [0.717, 1.165) is 10.9 Å². The molecule has 1 aromatic heterocycles. The third-order valence-electron chi connectivity index (χ3n) is 1.98. The molecule has 0 atom stereocenters. The maximum absolute atomic E-state index is 11.0. The molecule has 0 fully saturated rings. The number of nitrogens with zero attached hydrogens (tertiary/aromatic N) is 2. The molecule has 0 amide bonds. The molecule has 0 aliphatic heterocycles. The molecule has 4 heteroatoms. The van der Waals surface area contributed by atoms with E-state index in [1.54, 1.807) is 4.68 Å². The van der Waals surface area contributed by atoms with Crippen LogP contribution >= 0.6 is 0 Å². The summed E-state index contributed by atoms with van der Waals surface area (Å²) in [6.45, 7) is 0.158. The number of hydrogen-bond acceptors (Lipinski definition) is 3. The Kier molecular flexibility index (Phi) is 2.18. The Morgan fingerprint density at radius 1 is 1.50 bits per heavy atom. The first-order valence-electron chi connectivity index (χ1n) is 4.28. The zero-order chi connectivity index (χ0) is 9.97. The van der Waals surface area contributed by atoms with Crippen molar-refractivity contribution in [2.75, 3.05) is 7.11 Å². The number of carbonyl (C=O) groups excluding carboxylic acids is 1. The molecule has 2 rings (SSSR count). The molecule has 2 aromatic rings. The number of carbonyl (C=O) groups is 1. The van der Waals surface area contributed by atoms with Gasteiger partial charge in [-0.2, -0.15) is 5.10 Å². The summed E-state index contributed by atoms with van der Waals surface area (Å²) in [6.07, 6.45) is 1.83. The van der Waals surface area contributed by atoms with Crippen LogP contribution in [0.2, 0.25) is 0 Å². The normalized spacial score (nSPS) is 10.4. The van der Waals surface area contributed by atoms with Gasteiger partial charge in [0.05, 0.1) is 12.6 Å². The van der Waals surface area contributed by atoms with E-state index in [9.17, 15) is 4.79 Å². The van der Waals surface area contributed by atoms with E-state index in [4.69, 9.17) is 0 Å². The summed E-state index contributed by atoms with van der Waals surface area (Å²) >= 11 is 0. The van der Waals surface area contributed by atoms with Gasteiger partial charge in [0.25, 0.3) is 0 Å². The fourth-order valence-electron chi connectivity index (χ4n) is 1.29. The van der Waals surface area contributed by atoms with Gasteiger partial charge in [-0.3, -0.25) is 9.48 Å². The fraction of sp³-hybridized carbons (Fsp3) is 0.200. The highest BCUT2D eigenvalue weighted by atomic mass is 16.5. The third kappa shape index (κ3) is 1.59. The first kappa shape index (κ1) is 8.74. The molecular formula is C10H10N2O2. The van der Waals surface area contributed by atoms with Crippen LogP contribution in [0.25, 0.3) is 10.9 Å². The molecule has 0 saturated carbocycles. The standard InChI is InChI=1S/C10H10N2O2/c1-14-10(13)7-12-6-8-4-2-3-5-9(8)11-12/h2-6H,7H2,1H3. The maximum atomic E-state index is 11.0. The average Bonchev–Trinajstić information content (AvgIpc) is 2.59. The summed E-state index contributed by atoms with van der Waals surface area (Å²) < 4.78 is 6.13. The second-order valence-corrected chi connectivity index (χ2v) is 2.96. The van der Waals surface area contributed by atoms with Gasteiger partial charge in [0.2, 0.25) is 0 Å². The van der Waals surface area contributed by atoms with Crippen molar-refractivity contribution in [1.29, 1.82) is 0 Å². The van der Waals surface area contributed by atoms with Gasteiger partial charge in [0.1, 0.15) is 6.54 Å². The van der Waals surface area contributed by atoms with E-state index in [2.05, 4.69) is 9.84 Å². The van der Waals surface area contributed by atoms with Crippen LogP contribution in [0.4, 0.5) is 0 Å². The molecule has 0 aliphatic rings. The number of esters is 1. The van der Waals surface area contributed by atoms with Gasteiger partial charge in [-0.1, -0.05) is 18.2 Å². The van der Waals surface area contributed by atoms with Crippen LogP contribution in [0.15, 0.2) is 30.5 Å². The number of benzene rings is 1. The Morgan fingerprint density at radius 2 is 2.29 bits per heavy atom. The molecule has 1 aromatic carbocycles. The highest BCUT2D eigenvalue weighted by Gasteiger charge is 2.04. The number of hydrogen-bond donors (Lipinski definition) is 0. The van der Waals surface area contributed by atoms with Gasteiger partial charge in [-0.25, -0.2) is 0 Å². The van der Waals surface area contributed by atoms with Crippen LogP contribution in [-0.2, 0) is 16.1 Å². The van der Waals surface area contributed by atoms with Crippen molar-refractivity contribution in [3.05, 3.63) is 30.5 Å². The second kappa shape index (κ2) is 3.49. The summed E-state index contributed by atoms with van der Waals surface area (Å²) in [5.74, 6) is -0.294. The Morgan fingerprint density at radius 3 is 3.00 bits per heavy atom. The summed E-state index contributed by atoms with van der Waals surface area (Å²) in [5.41, 5.74) is 0.886. The summed E-state index contributed by atoms with van der Waals surface area (Å²) in [4.78, 5) is 11.0. The van der Waals surface area contributed by atoms with E-state index in [1.165, 1.54) is 7.11 Å². The van der Waals surface area contributed by atoms with E-state index < -0.39 is 0 Å². The summed E-state index contributed by atoms with van der Waals surface area (Å²) in [5, 5.41) is 5.24. The highest BCUT2D eigenvalue weighted by Crippen LogP contribution is 2.10. The minimum Gasteiger partial charge on any atom is -0.468 e. The number of fused-ring (bicyclic) bond motifs is 1. The smallest absolute Gasteiger partial charge is 0.327 e. The molecule has 0 aliphatic carbocycles. The van der Waals surface area contributed by atoms with Crippen LogP contribution in [0.1, 0.15) is 0 Å². The zero-order valence-electron chi connectivity index (χ0n) is 7.80. The van der Waals surface area contributed by atoms with E-state index in [1.807, 2.05) is 30.5 Å². The van der Waals surface area contributed by atoms with Gasteiger partial charge >= 0.3 is 5.97 Å². The molecular weight excluding hydrogens is 180 g/mol. The van der Waals surface area contributed by atoms with Crippen LogP contribution in [0.3, 0.4) is 0 Å². The van der Waals surface area contributed by atoms with Crippen molar-refractivity contribution >= 4 is 16.9 Å². The van der Waals surface area contributed by atoms with Crippen LogP contribution in [0, 0.1) is 0 Å². The van der Waals surface area contributed by atoms with Crippen LogP contribution < -0.4 is 0 Å². The summed E-state index contributed by atoms with van der Waals surface area (Å²) in [7, 11) is 1.37.